The van der Waals surface area contributed by atoms with Crippen molar-refractivity contribution >= 4 is 11.5 Å². The van der Waals surface area contributed by atoms with Crippen molar-refractivity contribution in [3.63, 3.8) is 0 Å². The lowest BCUT2D eigenvalue weighted by atomic mass is 9.96. The first-order valence-corrected chi connectivity index (χ1v) is 6.53. The lowest BCUT2D eigenvalue weighted by Gasteiger charge is -2.20. The Morgan fingerprint density at radius 3 is 2.53 bits per heavy atom. The molecule has 1 aromatic heterocycles. The van der Waals surface area contributed by atoms with Crippen LogP contribution in [-0.4, -0.2) is 27.7 Å². The zero-order valence-corrected chi connectivity index (χ0v) is 11.6. The van der Waals surface area contributed by atoms with Crippen molar-refractivity contribution in [2.45, 2.75) is 39.7 Å². The van der Waals surface area contributed by atoms with Crippen LogP contribution in [0.1, 0.15) is 32.4 Å². The Hall–Kier alpha value is -1.69. The Bertz CT molecular complexity index is 433. The van der Waals surface area contributed by atoms with Gasteiger partial charge >= 0.3 is 0 Å². The highest BCUT2D eigenvalue weighted by Crippen LogP contribution is 2.18. The van der Waals surface area contributed by atoms with E-state index in [9.17, 15) is 15.2 Å². The van der Waals surface area contributed by atoms with E-state index in [4.69, 9.17) is 0 Å². The first-order chi connectivity index (χ1) is 8.99. The molecule has 0 bridgehead atoms. The Morgan fingerprint density at radius 1 is 1.42 bits per heavy atom. The average Bonchev–Trinajstić information content (AvgIpc) is 2.37. The van der Waals surface area contributed by atoms with Crippen LogP contribution in [0.15, 0.2) is 12.1 Å². The minimum atomic E-state index is -0.453. The van der Waals surface area contributed by atoms with Gasteiger partial charge in [-0.1, -0.05) is 26.7 Å². The van der Waals surface area contributed by atoms with Gasteiger partial charge in [-0.15, -0.1) is 0 Å². The van der Waals surface area contributed by atoms with Crippen molar-refractivity contribution in [1.82, 2.24) is 4.98 Å². The predicted molar refractivity (Wildman–Crippen MR) is 74.2 cm³/mol. The van der Waals surface area contributed by atoms with Crippen LogP contribution in [0.5, 0.6) is 0 Å². The third-order valence-electron chi connectivity index (χ3n) is 3.34. The van der Waals surface area contributed by atoms with Gasteiger partial charge in [-0.05, 0) is 18.9 Å². The zero-order chi connectivity index (χ0) is 14.4. The number of rotatable bonds is 7. The van der Waals surface area contributed by atoms with Crippen molar-refractivity contribution in [2.24, 2.45) is 5.92 Å². The summed E-state index contributed by atoms with van der Waals surface area (Å²) in [5.74, 6) is 0.805. The van der Waals surface area contributed by atoms with Crippen LogP contribution in [0.3, 0.4) is 0 Å². The minimum absolute atomic E-state index is 0.00564. The number of hydrogen-bond acceptors (Lipinski definition) is 5. The second-order valence-corrected chi connectivity index (χ2v) is 4.58. The minimum Gasteiger partial charge on any atom is -0.391 e. The molecule has 2 N–H and O–H groups in total. The number of nitrogens with zero attached hydrogens (tertiary/aromatic N) is 2. The van der Waals surface area contributed by atoms with E-state index in [1.807, 2.05) is 13.8 Å². The molecule has 0 saturated carbocycles. The summed E-state index contributed by atoms with van der Waals surface area (Å²) in [5, 5.41) is 23.7. The summed E-state index contributed by atoms with van der Waals surface area (Å²) in [6.45, 7) is 6.09. The third-order valence-corrected chi connectivity index (χ3v) is 3.34. The molecular formula is C13H21N3O3. The Kier molecular flexibility index (Phi) is 5.69. The van der Waals surface area contributed by atoms with Crippen molar-refractivity contribution in [3.05, 3.63) is 27.9 Å². The molecule has 106 valence electrons. The van der Waals surface area contributed by atoms with E-state index in [1.165, 1.54) is 6.07 Å². The smallest absolute Gasteiger partial charge is 0.290 e. The summed E-state index contributed by atoms with van der Waals surface area (Å²) < 4.78 is 0. The van der Waals surface area contributed by atoms with Crippen molar-refractivity contribution in [1.29, 1.82) is 0 Å². The van der Waals surface area contributed by atoms with Gasteiger partial charge in [0.2, 0.25) is 0 Å². The van der Waals surface area contributed by atoms with E-state index in [2.05, 4.69) is 10.3 Å². The first-order valence-electron chi connectivity index (χ1n) is 6.53. The van der Waals surface area contributed by atoms with E-state index in [0.717, 1.165) is 12.8 Å². The van der Waals surface area contributed by atoms with E-state index in [1.54, 1.807) is 13.0 Å². The molecule has 0 saturated heterocycles. The molecule has 0 aliphatic rings. The summed E-state index contributed by atoms with van der Waals surface area (Å²) in [6.07, 6.45) is 1.41. The molecule has 0 spiro atoms. The van der Waals surface area contributed by atoms with Crippen LogP contribution in [0.4, 0.5) is 11.5 Å². The van der Waals surface area contributed by atoms with Gasteiger partial charge in [-0.3, -0.25) is 10.1 Å². The largest absolute Gasteiger partial charge is 0.391 e. The lowest BCUT2D eigenvalue weighted by molar-refractivity contribution is -0.385. The molecule has 1 heterocycles. The van der Waals surface area contributed by atoms with Gasteiger partial charge in [-0.25, -0.2) is 4.98 Å². The molecule has 6 heteroatoms. The number of aryl methyl sites for hydroxylation is 1. The fourth-order valence-electron chi connectivity index (χ4n) is 2.05. The van der Waals surface area contributed by atoms with Gasteiger partial charge < -0.3 is 10.4 Å². The summed E-state index contributed by atoms with van der Waals surface area (Å²) >= 11 is 0. The fraction of sp³-hybridized carbons (Fsp3) is 0.615. The second kappa shape index (κ2) is 7.04. The standard InChI is InChI=1S/C13H21N3O3/c1-4-10(5-2)12(17)8-14-13-7-6-11(16(18)19)9(3)15-13/h6-7,10,12,17H,4-5,8H2,1-3H3,(H,14,15). The molecule has 19 heavy (non-hydrogen) atoms. The Labute approximate surface area is 113 Å². The molecule has 0 aliphatic carbocycles. The SMILES string of the molecule is CCC(CC)C(O)CNc1ccc([N+](=O)[O-])c(C)n1. The number of nitrogens with one attached hydrogen (secondary N) is 1. The summed E-state index contributed by atoms with van der Waals surface area (Å²) in [4.78, 5) is 14.3. The van der Waals surface area contributed by atoms with E-state index >= 15 is 0 Å². The average molecular weight is 267 g/mol. The molecule has 1 aromatic rings. The van der Waals surface area contributed by atoms with Crippen LogP contribution < -0.4 is 5.32 Å². The lowest BCUT2D eigenvalue weighted by Crippen LogP contribution is -2.28. The van der Waals surface area contributed by atoms with Gasteiger partial charge in [0.05, 0.1) is 11.0 Å². The summed E-state index contributed by atoms with van der Waals surface area (Å²) in [6, 6.07) is 2.99. The number of aliphatic hydroxyl groups excluding tert-OH is 1. The molecule has 0 radical (unpaired) electrons. The normalized spacial score (nSPS) is 12.5. The van der Waals surface area contributed by atoms with Crippen LogP contribution in [0.25, 0.3) is 0 Å². The van der Waals surface area contributed by atoms with E-state index < -0.39 is 11.0 Å². The molecule has 0 fully saturated rings. The van der Waals surface area contributed by atoms with Crippen LogP contribution in [0, 0.1) is 23.0 Å². The number of pyridine rings is 1. The first kappa shape index (κ1) is 15.4. The highest BCUT2D eigenvalue weighted by Gasteiger charge is 2.16. The Morgan fingerprint density at radius 2 is 2.05 bits per heavy atom. The van der Waals surface area contributed by atoms with Gasteiger partial charge in [0.25, 0.3) is 5.69 Å². The van der Waals surface area contributed by atoms with E-state index in [-0.39, 0.29) is 11.6 Å². The highest BCUT2D eigenvalue weighted by molar-refractivity contribution is 5.44. The second-order valence-electron chi connectivity index (χ2n) is 4.58. The quantitative estimate of drug-likeness (QED) is 0.585. The van der Waals surface area contributed by atoms with Crippen molar-refractivity contribution in [2.75, 3.05) is 11.9 Å². The monoisotopic (exact) mass is 267 g/mol. The number of aliphatic hydroxyl groups is 1. The van der Waals surface area contributed by atoms with Gasteiger partial charge in [0, 0.05) is 12.6 Å². The van der Waals surface area contributed by atoms with Gasteiger partial charge in [-0.2, -0.15) is 0 Å². The van der Waals surface area contributed by atoms with E-state index in [0.29, 0.717) is 18.1 Å². The number of nitro groups is 1. The van der Waals surface area contributed by atoms with Crippen molar-refractivity contribution < 1.29 is 10.0 Å². The fourth-order valence-corrected chi connectivity index (χ4v) is 2.05. The molecule has 0 amide bonds. The Balaban J connectivity index is 2.64. The number of anilines is 1. The number of hydrogen-bond donors (Lipinski definition) is 2. The van der Waals surface area contributed by atoms with Crippen molar-refractivity contribution in [3.8, 4) is 0 Å². The molecule has 0 aliphatic heterocycles. The molecule has 1 atom stereocenters. The maximum Gasteiger partial charge on any atom is 0.290 e. The van der Waals surface area contributed by atoms with Gasteiger partial charge in [0.1, 0.15) is 11.5 Å². The molecular weight excluding hydrogens is 246 g/mol. The van der Waals surface area contributed by atoms with Gasteiger partial charge in [0.15, 0.2) is 0 Å². The zero-order valence-electron chi connectivity index (χ0n) is 11.6. The van der Waals surface area contributed by atoms with Crippen LogP contribution in [-0.2, 0) is 0 Å². The molecule has 0 aromatic carbocycles. The predicted octanol–water partition coefficient (Wildman–Crippen LogP) is 2.51. The van der Waals surface area contributed by atoms with Crippen LogP contribution in [0.2, 0.25) is 0 Å². The summed E-state index contributed by atoms with van der Waals surface area (Å²) in [5.41, 5.74) is 0.373. The molecule has 1 unspecified atom stereocenters. The number of aromatic nitrogens is 1. The maximum absolute atomic E-state index is 10.7. The highest BCUT2D eigenvalue weighted by atomic mass is 16.6. The third kappa shape index (κ3) is 4.17. The maximum atomic E-state index is 10.7. The molecule has 6 nitrogen and oxygen atoms in total. The van der Waals surface area contributed by atoms with Crippen LogP contribution >= 0.6 is 0 Å². The molecule has 1 rings (SSSR count). The topological polar surface area (TPSA) is 88.3 Å². The summed E-state index contributed by atoms with van der Waals surface area (Å²) in [7, 11) is 0.